The molecule has 1 fully saturated rings. The van der Waals surface area contributed by atoms with Crippen LogP contribution in [0, 0.1) is 0 Å². The average molecular weight is 1150 g/mol. The predicted octanol–water partition coefficient (Wildman–Crippen LogP) is 18.9. The molecule has 476 valence electrons. The number of aliphatic hydroxyl groups excluding tert-OH is 5. The van der Waals surface area contributed by atoms with E-state index < -0.39 is 49.5 Å². The number of allylic oxidation sites excluding steroid dienone is 13. The lowest BCUT2D eigenvalue weighted by molar-refractivity contribution is -0.302. The van der Waals surface area contributed by atoms with Crippen molar-refractivity contribution in [2.45, 2.75) is 358 Å². The van der Waals surface area contributed by atoms with Crippen molar-refractivity contribution in [3.05, 3.63) is 85.1 Å². The molecule has 9 nitrogen and oxygen atoms in total. The van der Waals surface area contributed by atoms with Gasteiger partial charge in [-0.25, -0.2) is 0 Å². The summed E-state index contributed by atoms with van der Waals surface area (Å²) in [5, 5.41) is 54.7. The monoisotopic (exact) mass is 1150 g/mol. The fourth-order valence-corrected chi connectivity index (χ4v) is 10.8. The summed E-state index contributed by atoms with van der Waals surface area (Å²) in [6, 6.07) is -0.826. The van der Waals surface area contributed by atoms with Gasteiger partial charge in [0.25, 0.3) is 0 Å². The van der Waals surface area contributed by atoms with Crippen molar-refractivity contribution in [3.8, 4) is 0 Å². The van der Waals surface area contributed by atoms with E-state index in [0.29, 0.717) is 6.42 Å². The van der Waals surface area contributed by atoms with Crippen LogP contribution in [0.5, 0.6) is 0 Å². The summed E-state index contributed by atoms with van der Waals surface area (Å²) in [6.45, 7) is 3.68. The highest BCUT2D eigenvalue weighted by Gasteiger charge is 2.44. The van der Waals surface area contributed by atoms with Gasteiger partial charge in [-0.05, 0) is 77.0 Å². The molecule has 0 aromatic heterocycles. The van der Waals surface area contributed by atoms with Gasteiger partial charge in [0, 0.05) is 6.42 Å². The Hall–Kier alpha value is -2.63. The molecule has 1 rings (SSSR count). The van der Waals surface area contributed by atoms with Crippen molar-refractivity contribution < 1.29 is 39.8 Å². The fraction of sp³-hybridized carbons (Fsp3) is 0.795. The lowest BCUT2D eigenvalue weighted by Gasteiger charge is -2.40. The number of hydrogen-bond acceptors (Lipinski definition) is 8. The van der Waals surface area contributed by atoms with Crippen molar-refractivity contribution in [3.63, 3.8) is 0 Å². The number of aliphatic hydroxyl groups is 5. The van der Waals surface area contributed by atoms with Crippen molar-refractivity contribution >= 4 is 5.91 Å². The maximum Gasteiger partial charge on any atom is 0.220 e. The number of hydrogen-bond donors (Lipinski definition) is 6. The van der Waals surface area contributed by atoms with Gasteiger partial charge in [0.15, 0.2) is 6.29 Å². The largest absolute Gasteiger partial charge is 0.394 e. The van der Waals surface area contributed by atoms with E-state index in [1.54, 1.807) is 6.08 Å². The van der Waals surface area contributed by atoms with Gasteiger partial charge in [-0.15, -0.1) is 0 Å². The minimum atomic E-state index is -1.58. The summed E-state index contributed by atoms with van der Waals surface area (Å²) >= 11 is 0. The van der Waals surface area contributed by atoms with Crippen LogP contribution in [0.15, 0.2) is 85.1 Å². The summed E-state index contributed by atoms with van der Waals surface area (Å²) < 4.78 is 11.3. The van der Waals surface area contributed by atoms with Crippen LogP contribution in [0.3, 0.4) is 0 Å². The Morgan fingerprint density at radius 2 is 0.768 bits per heavy atom. The van der Waals surface area contributed by atoms with Crippen molar-refractivity contribution in [1.29, 1.82) is 0 Å². The minimum absolute atomic E-state index is 0.184. The minimum Gasteiger partial charge on any atom is -0.394 e. The van der Waals surface area contributed by atoms with Crippen LogP contribution in [0.2, 0.25) is 0 Å². The van der Waals surface area contributed by atoms with Crippen LogP contribution >= 0.6 is 0 Å². The number of rotatable bonds is 60. The van der Waals surface area contributed by atoms with Gasteiger partial charge < -0.3 is 40.3 Å². The first-order valence-corrected chi connectivity index (χ1v) is 34.8. The first kappa shape index (κ1) is 77.4. The third-order valence-corrected chi connectivity index (χ3v) is 16.2. The Balaban J connectivity index is 2.13. The summed E-state index contributed by atoms with van der Waals surface area (Å²) in [5.74, 6) is -0.184. The second-order valence-corrected chi connectivity index (χ2v) is 23.9. The summed E-state index contributed by atoms with van der Waals surface area (Å²) in [7, 11) is 0. The molecule has 0 saturated carbocycles. The summed E-state index contributed by atoms with van der Waals surface area (Å²) in [4.78, 5) is 13.1. The van der Waals surface area contributed by atoms with Crippen molar-refractivity contribution in [1.82, 2.24) is 5.32 Å². The lowest BCUT2D eigenvalue weighted by Crippen LogP contribution is -2.60. The zero-order chi connectivity index (χ0) is 59.3. The van der Waals surface area contributed by atoms with E-state index in [0.717, 1.165) is 70.6 Å². The molecule has 0 aromatic rings. The van der Waals surface area contributed by atoms with E-state index >= 15 is 0 Å². The number of unbranched alkanes of at least 4 members (excludes halogenated alkanes) is 38. The number of nitrogens with one attached hydrogen (secondary N) is 1. The number of ether oxygens (including phenoxy) is 2. The Bertz CT molecular complexity index is 1570. The van der Waals surface area contributed by atoms with Gasteiger partial charge in [-0.3, -0.25) is 4.79 Å². The van der Waals surface area contributed by atoms with Gasteiger partial charge >= 0.3 is 0 Å². The molecule has 1 aliphatic heterocycles. The molecule has 9 heteroatoms. The third-order valence-electron chi connectivity index (χ3n) is 16.2. The van der Waals surface area contributed by atoms with E-state index in [1.165, 1.54) is 225 Å². The number of amides is 1. The lowest BCUT2D eigenvalue weighted by atomic mass is 9.99. The molecule has 7 unspecified atom stereocenters. The Kier molecular flexibility index (Phi) is 58.0. The number of carbonyl (C=O) groups excluding carboxylic acids is 1. The van der Waals surface area contributed by atoms with E-state index in [9.17, 15) is 30.3 Å². The quantitative estimate of drug-likeness (QED) is 0.0261. The molecule has 1 saturated heterocycles. The van der Waals surface area contributed by atoms with Crippen LogP contribution in [0.25, 0.3) is 0 Å². The maximum atomic E-state index is 13.1. The zero-order valence-corrected chi connectivity index (χ0v) is 53.2. The average Bonchev–Trinajstić information content (AvgIpc) is 3.52. The van der Waals surface area contributed by atoms with Gasteiger partial charge in [0.2, 0.25) is 5.91 Å². The molecular weight excluding hydrogens is 1020 g/mol. The molecule has 0 aliphatic carbocycles. The molecule has 0 radical (unpaired) electrons. The van der Waals surface area contributed by atoms with Crippen molar-refractivity contribution in [2.24, 2.45) is 0 Å². The van der Waals surface area contributed by atoms with E-state index in [4.69, 9.17) is 9.47 Å². The van der Waals surface area contributed by atoms with E-state index in [1.807, 2.05) is 6.08 Å². The van der Waals surface area contributed by atoms with E-state index in [-0.39, 0.29) is 12.5 Å². The van der Waals surface area contributed by atoms with Crippen LogP contribution in [0.4, 0.5) is 0 Å². The van der Waals surface area contributed by atoms with Gasteiger partial charge in [-0.2, -0.15) is 0 Å². The smallest absolute Gasteiger partial charge is 0.220 e. The molecular formula is C73H131NO8. The van der Waals surface area contributed by atoms with Gasteiger partial charge in [0.1, 0.15) is 24.4 Å². The highest BCUT2D eigenvalue weighted by molar-refractivity contribution is 5.76. The first-order chi connectivity index (χ1) is 40.3. The van der Waals surface area contributed by atoms with Gasteiger partial charge in [0.05, 0.1) is 25.4 Å². The highest BCUT2D eigenvalue weighted by Crippen LogP contribution is 2.23. The summed E-state index contributed by atoms with van der Waals surface area (Å²) in [5.41, 5.74) is 0. The standard InChI is InChI=1S/C73H131NO8/c1-3-5-7-9-11-13-15-17-19-21-23-25-27-29-30-31-32-33-34-35-36-37-38-39-41-43-45-47-49-51-53-55-57-59-61-63-69(77)74-66(65-81-73-72(80)71(79)70(78)68(64-75)82-73)67(76)62-60-58-56-54-52-50-48-46-44-42-40-28-26-24-22-20-18-16-14-12-10-8-6-4-2/h5,7,11,13,17,19,23,25,29-30,52,54,60,62,66-68,70-73,75-76,78-80H,3-4,6,8-10,12,14-16,18,20-22,24,26-28,31-51,53,55-59,61,63-65H2,1-2H3,(H,74,77)/b7-5-,13-11-,19-17-,25-23-,30-29-,54-52+,62-60+. The summed E-state index contributed by atoms with van der Waals surface area (Å²) in [6.07, 6.45) is 81.2. The highest BCUT2D eigenvalue weighted by atomic mass is 16.7. The second kappa shape index (κ2) is 61.5. The van der Waals surface area contributed by atoms with Crippen LogP contribution in [-0.2, 0) is 14.3 Å². The predicted molar refractivity (Wildman–Crippen MR) is 350 cm³/mol. The third kappa shape index (κ3) is 49.6. The van der Waals surface area contributed by atoms with Crippen LogP contribution < -0.4 is 5.32 Å². The molecule has 1 amide bonds. The maximum absolute atomic E-state index is 13.1. The van der Waals surface area contributed by atoms with E-state index in [2.05, 4.69) is 92.1 Å². The topological polar surface area (TPSA) is 149 Å². The molecule has 82 heavy (non-hydrogen) atoms. The normalized spacial score (nSPS) is 18.8. The molecule has 7 atom stereocenters. The number of carbonyl (C=O) groups is 1. The fourth-order valence-electron chi connectivity index (χ4n) is 10.8. The molecule has 1 aliphatic rings. The van der Waals surface area contributed by atoms with Crippen molar-refractivity contribution in [2.75, 3.05) is 13.2 Å². The molecule has 0 aromatic carbocycles. The molecule has 0 spiro atoms. The Morgan fingerprint density at radius 1 is 0.427 bits per heavy atom. The second-order valence-electron chi connectivity index (χ2n) is 23.9. The SMILES string of the molecule is CC/C=C\C/C=C\C/C=C\C/C=C\C/C=C\CCCCCCCCCCCCCCCCCCCCCC(=O)NC(COC1OC(CO)C(O)C(O)C1O)C(O)/C=C/CC/C=C/CCCCCCCCCCCCCCCCCCCC. The Morgan fingerprint density at radius 3 is 1.17 bits per heavy atom. The molecule has 1 heterocycles. The first-order valence-electron chi connectivity index (χ1n) is 34.8. The molecule has 0 bridgehead atoms. The Labute approximate surface area is 505 Å². The van der Waals surface area contributed by atoms with Crippen LogP contribution in [-0.4, -0.2) is 87.5 Å². The molecule has 6 N–H and O–H groups in total. The van der Waals surface area contributed by atoms with Gasteiger partial charge in [-0.1, -0.05) is 317 Å². The van der Waals surface area contributed by atoms with Crippen LogP contribution in [0.1, 0.15) is 316 Å². The zero-order valence-electron chi connectivity index (χ0n) is 53.2.